The number of hydrogen-bond acceptors (Lipinski definition) is 2. The van der Waals surface area contributed by atoms with Gasteiger partial charge in [-0.25, -0.2) is 8.42 Å². The molecule has 0 aromatic heterocycles. The fourth-order valence-electron chi connectivity index (χ4n) is 1.13. The van der Waals surface area contributed by atoms with Crippen LogP contribution < -0.4 is 0 Å². The maximum Gasteiger partial charge on any atom is 0.158 e. The topological polar surface area (TPSA) is 34.1 Å². The van der Waals surface area contributed by atoms with Crippen molar-refractivity contribution in [3.8, 4) is 0 Å². The van der Waals surface area contributed by atoms with Crippen molar-refractivity contribution in [3.05, 3.63) is 47.0 Å². The molecule has 4 heteroatoms. The van der Waals surface area contributed by atoms with Crippen molar-refractivity contribution in [2.45, 2.75) is 12.7 Å². The number of hydrogen-bond donors (Lipinski definition) is 0. The predicted octanol–water partition coefficient (Wildman–Crippen LogP) is 2.74. The monoisotopic (exact) mass is 244 g/mol. The number of allylic oxidation sites excluding steroid dienone is 1. The van der Waals surface area contributed by atoms with E-state index in [4.69, 9.17) is 11.6 Å². The fraction of sp³-hybridized carbons (Fsp3) is 0.273. The molecular formula is C11H13ClO2S. The van der Waals surface area contributed by atoms with E-state index in [-0.39, 0.29) is 11.5 Å². The normalized spacial score (nSPS) is 12.8. The van der Waals surface area contributed by atoms with Gasteiger partial charge in [-0.15, -0.1) is 0 Å². The highest BCUT2D eigenvalue weighted by Crippen LogP contribution is 2.08. The molecule has 0 saturated heterocycles. The molecule has 0 aliphatic rings. The fourth-order valence-corrected chi connectivity index (χ4v) is 2.62. The lowest BCUT2D eigenvalue weighted by Crippen LogP contribution is -2.07. The van der Waals surface area contributed by atoms with Crippen molar-refractivity contribution >= 4 is 21.4 Å². The number of benzene rings is 1. The summed E-state index contributed by atoms with van der Waals surface area (Å²) in [6, 6.07) is 9.11. The van der Waals surface area contributed by atoms with E-state index in [0.29, 0.717) is 5.03 Å². The maximum atomic E-state index is 11.6. The molecule has 0 saturated carbocycles. The summed E-state index contributed by atoms with van der Waals surface area (Å²) < 4.78 is 23.2. The highest BCUT2D eigenvalue weighted by Gasteiger charge is 2.09. The van der Waals surface area contributed by atoms with Gasteiger partial charge in [-0.05, 0) is 12.5 Å². The molecule has 0 aliphatic carbocycles. The van der Waals surface area contributed by atoms with E-state index < -0.39 is 9.84 Å². The van der Waals surface area contributed by atoms with Gasteiger partial charge >= 0.3 is 0 Å². The SMILES string of the molecule is CC(Cl)=CCS(=O)(=O)Cc1ccccc1. The van der Waals surface area contributed by atoms with E-state index in [9.17, 15) is 8.42 Å². The molecule has 1 aromatic carbocycles. The second-order valence-corrected chi connectivity index (χ2v) is 6.04. The lowest BCUT2D eigenvalue weighted by molar-refractivity contribution is 0.598. The molecule has 0 bridgehead atoms. The molecule has 0 N–H and O–H groups in total. The molecule has 0 aliphatic heterocycles. The third kappa shape index (κ3) is 5.00. The second-order valence-electron chi connectivity index (χ2n) is 3.33. The number of rotatable bonds is 4. The van der Waals surface area contributed by atoms with Crippen LogP contribution in [-0.4, -0.2) is 14.2 Å². The van der Waals surface area contributed by atoms with Gasteiger partial charge in [0.1, 0.15) is 0 Å². The summed E-state index contributed by atoms with van der Waals surface area (Å²) in [5.41, 5.74) is 0.804. The highest BCUT2D eigenvalue weighted by atomic mass is 35.5. The minimum absolute atomic E-state index is 0.00275. The van der Waals surface area contributed by atoms with Crippen LogP contribution in [0.15, 0.2) is 41.4 Å². The summed E-state index contributed by atoms with van der Waals surface area (Å²) in [7, 11) is -3.09. The molecule has 0 fully saturated rings. The van der Waals surface area contributed by atoms with Gasteiger partial charge in [-0.1, -0.05) is 48.0 Å². The van der Waals surface area contributed by atoms with Crippen molar-refractivity contribution in [3.63, 3.8) is 0 Å². The quantitative estimate of drug-likeness (QED) is 0.816. The summed E-state index contributed by atoms with van der Waals surface area (Å²) >= 11 is 5.58. The first-order chi connectivity index (χ1) is 6.99. The minimum Gasteiger partial charge on any atom is -0.228 e. The van der Waals surface area contributed by atoms with Crippen molar-refractivity contribution in [1.29, 1.82) is 0 Å². The lowest BCUT2D eigenvalue weighted by Gasteiger charge is -2.01. The van der Waals surface area contributed by atoms with Gasteiger partial charge in [0.25, 0.3) is 0 Å². The Balaban J connectivity index is 2.70. The largest absolute Gasteiger partial charge is 0.228 e. The summed E-state index contributed by atoms with van der Waals surface area (Å²) in [4.78, 5) is 0. The van der Waals surface area contributed by atoms with E-state index in [2.05, 4.69) is 0 Å². The zero-order valence-corrected chi connectivity index (χ0v) is 10.1. The van der Waals surface area contributed by atoms with Crippen LogP contribution >= 0.6 is 11.6 Å². The van der Waals surface area contributed by atoms with Crippen LogP contribution in [0.2, 0.25) is 0 Å². The van der Waals surface area contributed by atoms with Gasteiger partial charge < -0.3 is 0 Å². The summed E-state index contributed by atoms with van der Waals surface area (Å²) in [5, 5.41) is 0.506. The molecule has 0 spiro atoms. The van der Waals surface area contributed by atoms with E-state index in [1.807, 2.05) is 18.2 Å². The second kappa shape index (κ2) is 5.33. The van der Waals surface area contributed by atoms with Crippen molar-refractivity contribution in [1.82, 2.24) is 0 Å². The Morgan fingerprint density at radius 3 is 2.47 bits per heavy atom. The Bertz CT molecular complexity index is 431. The number of sulfone groups is 1. The van der Waals surface area contributed by atoms with Crippen LogP contribution in [0, 0.1) is 0 Å². The molecule has 0 atom stereocenters. The first kappa shape index (κ1) is 12.3. The maximum absolute atomic E-state index is 11.6. The van der Waals surface area contributed by atoms with Crippen LogP contribution in [0.4, 0.5) is 0 Å². The molecule has 0 radical (unpaired) electrons. The van der Waals surface area contributed by atoms with E-state index in [0.717, 1.165) is 5.56 Å². The van der Waals surface area contributed by atoms with Gasteiger partial charge in [0.05, 0.1) is 11.5 Å². The third-order valence-electron chi connectivity index (χ3n) is 1.85. The molecule has 0 unspecified atom stereocenters. The van der Waals surface area contributed by atoms with Crippen LogP contribution in [-0.2, 0) is 15.6 Å². The van der Waals surface area contributed by atoms with Crippen molar-refractivity contribution in [2.24, 2.45) is 0 Å². The summed E-state index contributed by atoms with van der Waals surface area (Å²) in [6.07, 6.45) is 1.51. The molecule has 0 amide bonds. The van der Waals surface area contributed by atoms with Crippen LogP contribution in [0.3, 0.4) is 0 Å². The molecule has 2 nitrogen and oxygen atoms in total. The third-order valence-corrected chi connectivity index (χ3v) is 3.45. The summed E-state index contributed by atoms with van der Waals surface area (Å²) in [6.45, 7) is 1.67. The lowest BCUT2D eigenvalue weighted by atomic mass is 10.2. The average Bonchev–Trinajstić information content (AvgIpc) is 2.16. The molecule has 1 aromatic rings. The Morgan fingerprint density at radius 1 is 1.33 bits per heavy atom. The van der Waals surface area contributed by atoms with Crippen LogP contribution in [0.1, 0.15) is 12.5 Å². The zero-order valence-electron chi connectivity index (χ0n) is 8.48. The Morgan fingerprint density at radius 2 is 1.93 bits per heavy atom. The molecule has 82 valence electrons. The van der Waals surface area contributed by atoms with Gasteiger partial charge in [0, 0.05) is 5.03 Å². The van der Waals surface area contributed by atoms with Gasteiger partial charge in [0.15, 0.2) is 9.84 Å². The summed E-state index contributed by atoms with van der Waals surface area (Å²) in [5.74, 6) is 0.0612. The molecule has 15 heavy (non-hydrogen) atoms. The smallest absolute Gasteiger partial charge is 0.158 e. The number of halogens is 1. The molecular weight excluding hydrogens is 232 g/mol. The van der Waals surface area contributed by atoms with Crippen molar-refractivity contribution < 1.29 is 8.42 Å². The highest BCUT2D eigenvalue weighted by molar-refractivity contribution is 7.90. The van der Waals surface area contributed by atoms with Gasteiger partial charge in [0.2, 0.25) is 0 Å². The molecule has 1 rings (SSSR count). The average molecular weight is 245 g/mol. The van der Waals surface area contributed by atoms with Gasteiger partial charge in [-0.2, -0.15) is 0 Å². The standard InChI is InChI=1S/C11H13ClO2S/c1-10(12)7-8-15(13,14)9-11-5-3-2-4-6-11/h2-7H,8-9H2,1H3. The van der Waals surface area contributed by atoms with E-state index in [1.165, 1.54) is 6.08 Å². The predicted molar refractivity (Wildman–Crippen MR) is 63.5 cm³/mol. The first-order valence-corrected chi connectivity index (χ1v) is 6.76. The van der Waals surface area contributed by atoms with Crippen molar-refractivity contribution in [2.75, 3.05) is 5.75 Å². The minimum atomic E-state index is -3.09. The van der Waals surface area contributed by atoms with Gasteiger partial charge in [-0.3, -0.25) is 0 Å². The van der Waals surface area contributed by atoms with E-state index >= 15 is 0 Å². The van der Waals surface area contributed by atoms with Crippen LogP contribution in [0.5, 0.6) is 0 Å². The van der Waals surface area contributed by atoms with E-state index in [1.54, 1.807) is 19.1 Å². The Kier molecular flexibility index (Phi) is 4.36. The Labute approximate surface area is 95.5 Å². The van der Waals surface area contributed by atoms with Crippen LogP contribution in [0.25, 0.3) is 0 Å². The zero-order chi connectivity index (χ0) is 11.3. The molecule has 0 heterocycles. The first-order valence-electron chi connectivity index (χ1n) is 4.56. The Hall–Kier alpha value is -0.800.